The van der Waals surface area contributed by atoms with Crippen LogP contribution in [0.3, 0.4) is 0 Å². The second-order valence-corrected chi connectivity index (χ2v) is 10.8. The van der Waals surface area contributed by atoms with Crippen LogP contribution in [0.2, 0.25) is 0 Å². The molecule has 0 radical (unpaired) electrons. The van der Waals surface area contributed by atoms with E-state index in [1.807, 2.05) is 34.6 Å². The molecule has 0 aliphatic carbocycles. The number of halogens is 1. The molecule has 1 amide bonds. The molecule has 0 bridgehead atoms. The van der Waals surface area contributed by atoms with Crippen molar-refractivity contribution in [3.63, 3.8) is 0 Å². The van der Waals surface area contributed by atoms with Gasteiger partial charge in [0.25, 0.3) is 15.9 Å². The zero-order valence-corrected chi connectivity index (χ0v) is 21.0. The molecule has 7 nitrogen and oxygen atoms in total. The number of benzene rings is 2. The minimum absolute atomic E-state index is 0.0305. The Hall–Kier alpha value is -2.39. The molecule has 0 atom stereocenters. The van der Waals surface area contributed by atoms with Gasteiger partial charge in [0.2, 0.25) is 0 Å². The molecule has 168 valence electrons. The Bertz CT molecular complexity index is 1070. The maximum absolute atomic E-state index is 13.5. The van der Waals surface area contributed by atoms with Gasteiger partial charge in [-0.3, -0.25) is 9.10 Å². The number of carbonyl (C=O) groups excluding carboxylic acids is 1. The lowest BCUT2D eigenvalue weighted by molar-refractivity contribution is -0.119. The first-order valence-corrected chi connectivity index (χ1v) is 11.9. The van der Waals surface area contributed by atoms with E-state index in [1.165, 1.54) is 19.2 Å². The Balaban J connectivity index is 2.42. The van der Waals surface area contributed by atoms with Crippen LogP contribution in [0.5, 0.6) is 5.75 Å². The maximum atomic E-state index is 13.5. The minimum Gasteiger partial charge on any atom is -0.496 e. The fourth-order valence-electron chi connectivity index (χ4n) is 2.44. The van der Waals surface area contributed by atoms with E-state index in [4.69, 9.17) is 4.74 Å². The van der Waals surface area contributed by atoms with Crippen LogP contribution in [0.15, 0.2) is 56.9 Å². The molecule has 0 saturated carbocycles. The molecule has 0 aliphatic heterocycles. The summed E-state index contributed by atoms with van der Waals surface area (Å²) in [6.07, 6.45) is 0. The smallest absolute Gasteiger partial charge is 0.264 e. The average Bonchev–Trinajstić information content (AvgIpc) is 2.70. The molecule has 0 fully saturated rings. The number of carbonyl (C=O) groups is 1. The summed E-state index contributed by atoms with van der Waals surface area (Å²) >= 11 is 3.32. The summed E-state index contributed by atoms with van der Waals surface area (Å²) in [5, 5.41) is 4.12. The van der Waals surface area contributed by atoms with Crippen molar-refractivity contribution in [1.29, 1.82) is 0 Å². The molecular weight excluding hydrogens is 482 g/mol. The van der Waals surface area contributed by atoms with E-state index in [0.717, 1.165) is 15.6 Å². The molecule has 9 heteroatoms. The second kappa shape index (κ2) is 9.82. The predicted molar refractivity (Wildman–Crippen MR) is 127 cm³/mol. The lowest BCUT2D eigenvalue weighted by Crippen LogP contribution is -2.40. The van der Waals surface area contributed by atoms with E-state index in [2.05, 4.69) is 26.5 Å². The van der Waals surface area contributed by atoms with Crippen molar-refractivity contribution in [3.8, 4) is 5.75 Å². The lowest BCUT2D eigenvalue weighted by Gasteiger charge is -2.24. The molecule has 0 aromatic heterocycles. The largest absolute Gasteiger partial charge is 0.496 e. The van der Waals surface area contributed by atoms with Gasteiger partial charge in [0.05, 0.1) is 22.2 Å². The Kier molecular flexibility index (Phi) is 7.88. The van der Waals surface area contributed by atoms with Gasteiger partial charge in [-0.05, 0) is 60.1 Å². The van der Waals surface area contributed by atoms with Crippen molar-refractivity contribution in [2.45, 2.75) is 39.5 Å². The normalized spacial score (nSPS) is 12.4. The molecule has 2 aromatic carbocycles. The summed E-state index contributed by atoms with van der Waals surface area (Å²) in [5.74, 6) is -0.0362. The third-order valence-corrected chi connectivity index (χ3v) is 7.14. The third-order valence-electron chi connectivity index (χ3n) is 4.75. The van der Waals surface area contributed by atoms with Gasteiger partial charge in [0.1, 0.15) is 12.3 Å². The Morgan fingerprint density at radius 1 is 1.16 bits per heavy atom. The van der Waals surface area contributed by atoms with E-state index < -0.39 is 22.5 Å². The van der Waals surface area contributed by atoms with Crippen molar-refractivity contribution >= 4 is 43.3 Å². The number of hydrogen-bond acceptors (Lipinski definition) is 5. The monoisotopic (exact) mass is 509 g/mol. The number of nitrogens with one attached hydrogen (secondary N) is 1. The first-order chi connectivity index (χ1) is 14.4. The SMILES string of the molecule is COc1ccc(S(=O)(=O)N(CC(=O)N/N=C(/C)C(C)(C)C)c2ccc(C)cc2)cc1Br. The van der Waals surface area contributed by atoms with Crippen molar-refractivity contribution in [2.75, 3.05) is 18.0 Å². The summed E-state index contributed by atoms with van der Waals surface area (Å²) in [5.41, 5.74) is 4.33. The van der Waals surface area contributed by atoms with Gasteiger partial charge >= 0.3 is 0 Å². The standard InChI is InChI=1S/C22H28BrN3O4S/c1-15-7-9-17(10-8-15)26(14-21(27)25-24-16(2)22(3,4)5)31(28,29)18-11-12-20(30-6)19(23)13-18/h7-13H,14H2,1-6H3,(H,25,27)/b24-16-. The van der Waals surface area contributed by atoms with Gasteiger partial charge in [-0.1, -0.05) is 38.5 Å². The van der Waals surface area contributed by atoms with Gasteiger partial charge in [-0.15, -0.1) is 0 Å². The number of rotatable bonds is 7. The van der Waals surface area contributed by atoms with E-state index in [0.29, 0.717) is 15.9 Å². The highest BCUT2D eigenvalue weighted by Gasteiger charge is 2.28. The van der Waals surface area contributed by atoms with Gasteiger partial charge in [-0.2, -0.15) is 5.10 Å². The zero-order valence-electron chi connectivity index (χ0n) is 18.6. The number of hydrogen-bond donors (Lipinski definition) is 1. The van der Waals surface area contributed by atoms with E-state index >= 15 is 0 Å². The van der Waals surface area contributed by atoms with Gasteiger partial charge < -0.3 is 4.74 Å². The summed E-state index contributed by atoms with van der Waals surface area (Å²) < 4.78 is 33.6. The average molecular weight is 510 g/mol. The molecule has 1 N–H and O–H groups in total. The Morgan fingerprint density at radius 3 is 2.29 bits per heavy atom. The van der Waals surface area contributed by atoms with E-state index in [9.17, 15) is 13.2 Å². The van der Waals surface area contributed by atoms with Crippen LogP contribution >= 0.6 is 15.9 Å². The van der Waals surface area contributed by atoms with Crippen LogP contribution in [0.1, 0.15) is 33.3 Å². The van der Waals surface area contributed by atoms with Crippen LogP contribution in [0.25, 0.3) is 0 Å². The summed E-state index contributed by atoms with van der Waals surface area (Å²) in [4.78, 5) is 12.6. The predicted octanol–water partition coefficient (Wildman–Crippen LogP) is 4.50. The lowest BCUT2D eigenvalue weighted by atomic mass is 9.91. The van der Waals surface area contributed by atoms with Crippen molar-refractivity contribution in [1.82, 2.24) is 5.43 Å². The quantitative estimate of drug-likeness (QED) is 0.439. The molecule has 0 aliphatic rings. The summed E-state index contributed by atoms with van der Waals surface area (Å²) in [6, 6.07) is 11.4. The van der Waals surface area contributed by atoms with Crippen molar-refractivity contribution in [2.24, 2.45) is 10.5 Å². The fraction of sp³-hybridized carbons (Fsp3) is 0.364. The number of nitrogens with zero attached hydrogens (tertiary/aromatic N) is 2. The number of aryl methyl sites for hydroxylation is 1. The fourth-order valence-corrected chi connectivity index (χ4v) is 4.58. The van der Waals surface area contributed by atoms with Crippen molar-refractivity contribution < 1.29 is 17.9 Å². The topological polar surface area (TPSA) is 88.1 Å². The Morgan fingerprint density at radius 2 is 1.77 bits per heavy atom. The first kappa shape index (κ1) is 24.9. The zero-order chi connectivity index (χ0) is 23.4. The van der Waals surface area contributed by atoms with Crippen LogP contribution in [-0.4, -0.2) is 33.7 Å². The maximum Gasteiger partial charge on any atom is 0.264 e. The van der Waals surface area contributed by atoms with Gasteiger partial charge in [-0.25, -0.2) is 13.8 Å². The van der Waals surface area contributed by atoms with E-state index in [-0.39, 0.29) is 10.3 Å². The van der Waals surface area contributed by atoms with Crippen LogP contribution in [0.4, 0.5) is 5.69 Å². The molecule has 0 unspecified atom stereocenters. The number of sulfonamides is 1. The number of anilines is 1. The molecular formula is C22H28BrN3O4S. The second-order valence-electron chi connectivity index (χ2n) is 8.13. The molecule has 2 aromatic rings. The van der Waals surface area contributed by atoms with E-state index in [1.54, 1.807) is 30.3 Å². The van der Waals surface area contributed by atoms with Crippen LogP contribution in [-0.2, 0) is 14.8 Å². The molecule has 31 heavy (non-hydrogen) atoms. The number of ether oxygens (including phenoxy) is 1. The Labute approximate surface area is 192 Å². The molecule has 0 spiro atoms. The molecule has 2 rings (SSSR count). The van der Waals surface area contributed by atoms with Crippen LogP contribution < -0.4 is 14.5 Å². The first-order valence-electron chi connectivity index (χ1n) is 9.63. The molecule has 0 heterocycles. The van der Waals surface area contributed by atoms with Gasteiger partial charge in [0.15, 0.2) is 0 Å². The van der Waals surface area contributed by atoms with Gasteiger partial charge in [0, 0.05) is 11.1 Å². The third kappa shape index (κ3) is 6.30. The highest BCUT2D eigenvalue weighted by molar-refractivity contribution is 9.10. The highest BCUT2D eigenvalue weighted by Crippen LogP contribution is 2.30. The number of amides is 1. The molecule has 0 saturated heterocycles. The number of hydrazone groups is 1. The summed E-state index contributed by atoms with van der Waals surface area (Å²) in [6.45, 7) is 9.22. The minimum atomic E-state index is -4.04. The van der Waals surface area contributed by atoms with Crippen molar-refractivity contribution in [3.05, 3.63) is 52.5 Å². The highest BCUT2D eigenvalue weighted by atomic mass is 79.9. The van der Waals surface area contributed by atoms with Crippen LogP contribution in [0, 0.1) is 12.3 Å². The summed E-state index contributed by atoms with van der Waals surface area (Å²) in [7, 11) is -2.54. The number of methoxy groups -OCH3 is 1.